The highest BCUT2D eigenvalue weighted by molar-refractivity contribution is 7.91. The van der Waals surface area contributed by atoms with Gasteiger partial charge in [-0.1, -0.05) is 0 Å². The number of nitrogens with one attached hydrogen (secondary N) is 1. The van der Waals surface area contributed by atoms with Crippen molar-refractivity contribution in [1.82, 2.24) is 0 Å². The summed E-state index contributed by atoms with van der Waals surface area (Å²) in [6.07, 6.45) is -1.02. The Labute approximate surface area is 132 Å². The Morgan fingerprint density at radius 3 is 2.86 bits per heavy atom. The SMILES string of the molecule is CCOC(=O)c1sc(NC(=O)C2CS(=O)(=O)CCO2)cc1C. The Kier molecular flexibility index (Phi) is 5.20. The van der Waals surface area contributed by atoms with E-state index in [-0.39, 0.29) is 24.7 Å². The van der Waals surface area contributed by atoms with Crippen molar-refractivity contribution in [3.63, 3.8) is 0 Å². The van der Waals surface area contributed by atoms with E-state index in [0.29, 0.717) is 15.4 Å². The molecular weight excluding hydrogens is 330 g/mol. The van der Waals surface area contributed by atoms with Crippen LogP contribution < -0.4 is 5.32 Å². The van der Waals surface area contributed by atoms with Gasteiger partial charge in [-0.2, -0.15) is 0 Å². The number of carbonyl (C=O) groups is 2. The average Bonchev–Trinajstić information content (AvgIpc) is 2.78. The Hall–Kier alpha value is -1.45. The Morgan fingerprint density at radius 1 is 1.50 bits per heavy atom. The molecule has 1 N–H and O–H groups in total. The maximum atomic E-state index is 12.1. The zero-order chi connectivity index (χ0) is 16.3. The highest BCUT2D eigenvalue weighted by Gasteiger charge is 2.31. The summed E-state index contributed by atoms with van der Waals surface area (Å²) in [5.41, 5.74) is 0.691. The van der Waals surface area contributed by atoms with E-state index in [4.69, 9.17) is 9.47 Å². The number of sulfone groups is 1. The average molecular weight is 347 g/mol. The van der Waals surface area contributed by atoms with E-state index in [0.717, 1.165) is 11.3 Å². The summed E-state index contributed by atoms with van der Waals surface area (Å²) < 4.78 is 33.2. The van der Waals surface area contributed by atoms with E-state index in [1.54, 1.807) is 19.9 Å². The predicted molar refractivity (Wildman–Crippen MR) is 82.0 cm³/mol. The zero-order valence-corrected chi connectivity index (χ0v) is 13.9. The van der Waals surface area contributed by atoms with E-state index >= 15 is 0 Å². The van der Waals surface area contributed by atoms with Gasteiger partial charge in [-0.3, -0.25) is 4.79 Å². The second kappa shape index (κ2) is 6.76. The maximum absolute atomic E-state index is 12.1. The molecule has 1 amide bonds. The molecule has 1 fully saturated rings. The van der Waals surface area contributed by atoms with Crippen molar-refractivity contribution >= 4 is 38.1 Å². The van der Waals surface area contributed by atoms with Crippen LogP contribution in [0.25, 0.3) is 0 Å². The molecule has 22 heavy (non-hydrogen) atoms. The molecule has 0 radical (unpaired) electrons. The number of ether oxygens (including phenoxy) is 2. The first-order valence-electron chi connectivity index (χ1n) is 6.73. The van der Waals surface area contributed by atoms with Crippen molar-refractivity contribution in [3.8, 4) is 0 Å². The van der Waals surface area contributed by atoms with E-state index < -0.39 is 27.8 Å². The molecule has 2 rings (SSSR count). The molecule has 0 saturated carbocycles. The third-order valence-electron chi connectivity index (χ3n) is 3.04. The number of amides is 1. The molecule has 0 bridgehead atoms. The van der Waals surface area contributed by atoms with E-state index in [2.05, 4.69) is 5.32 Å². The molecule has 122 valence electrons. The van der Waals surface area contributed by atoms with Crippen LogP contribution in [0.3, 0.4) is 0 Å². The van der Waals surface area contributed by atoms with Crippen LogP contribution in [-0.2, 0) is 24.1 Å². The Morgan fingerprint density at radius 2 is 2.23 bits per heavy atom. The highest BCUT2D eigenvalue weighted by atomic mass is 32.2. The number of hydrogen-bond acceptors (Lipinski definition) is 7. The van der Waals surface area contributed by atoms with Gasteiger partial charge in [-0.15, -0.1) is 11.3 Å². The van der Waals surface area contributed by atoms with Crippen LogP contribution in [-0.4, -0.2) is 51.1 Å². The van der Waals surface area contributed by atoms with Gasteiger partial charge in [-0.25, -0.2) is 13.2 Å². The van der Waals surface area contributed by atoms with E-state index in [1.165, 1.54) is 0 Å². The molecule has 1 aromatic heterocycles. The van der Waals surface area contributed by atoms with Crippen molar-refractivity contribution in [1.29, 1.82) is 0 Å². The van der Waals surface area contributed by atoms with Crippen LogP contribution >= 0.6 is 11.3 Å². The van der Waals surface area contributed by atoms with Crippen LogP contribution in [0.4, 0.5) is 5.00 Å². The lowest BCUT2D eigenvalue weighted by atomic mass is 10.3. The second-order valence-electron chi connectivity index (χ2n) is 4.81. The fourth-order valence-corrected chi connectivity index (χ4v) is 4.17. The van der Waals surface area contributed by atoms with Crippen molar-refractivity contribution in [2.75, 3.05) is 30.0 Å². The third kappa shape index (κ3) is 4.05. The lowest BCUT2D eigenvalue weighted by Gasteiger charge is -2.21. The maximum Gasteiger partial charge on any atom is 0.348 e. The van der Waals surface area contributed by atoms with Gasteiger partial charge >= 0.3 is 5.97 Å². The molecular formula is C13H17NO6S2. The van der Waals surface area contributed by atoms with Crippen LogP contribution in [0.5, 0.6) is 0 Å². The van der Waals surface area contributed by atoms with Gasteiger partial charge in [0.2, 0.25) is 0 Å². The minimum absolute atomic E-state index is 0.0119. The monoisotopic (exact) mass is 347 g/mol. The molecule has 1 aliphatic heterocycles. The van der Waals surface area contributed by atoms with Gasteiger partial charge < -0.3 is 14.8 Å². The van der Waals surface area contributed by atoms with Crippen molar-refractivity contribution in [3.05, 3.63) is 16.5 Å². The van der Waals surface area contributed by atoms with Gasteiger partial charge in [0.15, 0.2) is 15.9 Å². The number of thiophene rings is 1. The van der Waals surface area contributed by atoms with Crippen LogP contribution in [0, 0.1) is 6.92 Å². The van der Waals surface area contributed by atoms with Gasteiger partial charge in [0.25, 0.3) is 5.91 Å². The molecule has 1 unspecified atom stereocenters. The largest absolute Gasteiger partial charge is 0.462 e. The van der Waals surface area contributed by atoms with Crippen LogP contribution in [0.2, 0.25) is 0 Å². The summed E-state index contributed by atoms with van der Waals surface area (Å²) in [6, 6.07) is 1.64. The summed E-state index contributed by atoms with van der Waals surface area (Å²) in [4.78, 5) is 24.2. The summed E-state index contributed by atoms with van der Waals surface area (Å²) in [5, 5.41) is 3.05. The summed E-state index contributed by atoms with van der Waals surface area (Å²) >= 11 is 1.09. The molecule has 2 heterocycles. The molecule has 7 nitrogen and oxygen atoms in total. The van der Waals surface area contributed by atoms with Crippen molar-refractivity contribution < 1.29 is 27.5 Å². The molecule has 9 heteroatoms. The first-order chi connectivity index (χ1) is 10.3. The number of esters is 1. The number of hydrogen-bond donors (Lipinski definition) is 1. The standard InChI is InChI=1S/C13H17NO6S2/c1-3-19-13(16)11-8(2)6-10(21-11)14-12(15)9-7-22(17,18)5-4-20-9/h6,9H,3-5,7H2,1-2H3,(H,14,15). The topological polar surface area (TPSA) is 98.8 Å². The number of aryl methyl sites for hydroxylation is 1. The molecule has 1 aromatic rings. The molecule has 1 saturated heterocycles. The highest BCUT2D eigenvalue weighted by Crippen LogP contribution is 2.27. The predicted octanol–water partition coefficient (Wildman–Crippen LogP) is 0.985. The smallest absolute Gasteiger partial charge is 0.348 e. The molecule has 0 aromatic carbocycles. The lowest BCUT2D eigenvalue weighted by molar-refractivity contribution is -0.126. The third-order valence-corrected chi connectivity index (χ3v) is 5.77. The minimum Gasteiger partial charge on any atom is -0.462 e. The first-order valence-corrected chi connectivity index (χ1v) is 9.36. The van der Waals surface area contributed by atoms with Crippen molar-refractivity contribution in [2.45, 2.75) is 20.0 Å². The van der Waals surface area contributed by atoms with Crippen LogP contribution in [0.15, 0.2) is 6.07 Å². The van der Waals surface area contributed by atoms with Crippen molar-refractivity contribution in [2.24, 2.45) is 0 Å². The van der Waals surface area contributed by atoms with Crippen LogP contribution in [0.1, 0.15) is 22.2 Å². The quantitative estimate of drug-likeness (QED) is 0.816. The van der Waals surface area contributed by atoms with Gasteiger partial charge in [-0.05, 0) is 25.5 Å². The Balaban J connectivity index is 2.06. The second-order valence-corrected chi connectivity index (χ2v) is 8.09. The summed E-state index contributed by atoms with van der Waals surface area (Å²) in [5.74, 6) is -1.36. The van der Waals surface area contributed by atoms with E-state index in [1.807, 2.05) is 0 Å². The Bertz CT molecular complexity index is 679. The summed E-state index contributed by atoms with van der Waals surface area (Å²) in [6.45, 7) is 3.73. The molecule has 1 atom stereocenters. The molecule has 0 aliphatic carbocycles. The lowest BCUT2D eigenvalue weighted by Crippen LogP contribution is -2.42. The normalized spacial score (nSPS) is 20.4. The fourth-order valence-electron chi connectivity index (χ4n) is 1.98. The molecule has 1 aliphatic rings. The van der Waals surface area contributed by atoms with Gasteiger partial charge in [0.05, 0.1) is 29.7 Å². The van der Waals surface area contributed by atoms with Gasteiger partial charge in [0, 0.05) is 0 Å². The zero-order valence-electron chi connectivity index (χ0n) is 12.2. The number of carbonyl (C=O) groups excluding carboxylic acids is 2. The minimum atomic E-state index is -3.25. The van der Waals surface area contributed by atoms with Gasteiger partial charge in [0.1, 0.15) is 4.88 Å². The summed E-state index contributed by atoms with van der Waals surface area (Å²) in [7, 11) is -3.25. The first kappa shape index (κ1) is 16.9. The number of anilines is 1. The fraction of sp³-hybridized carbons (Fsp3) is 0.538. The molecule has 0 spiro atoms. The van der Waals surface area contributed by atoms with E-state index in [9.17, 15) is 18.0 Å². The number of rotatable bonds is 4.